The van der Waals surface area contributed by atoms with Gasteiger partial charge in [0.1, 0.15) is 31.4 Å². The van der Waals surface area contributed by atoms with Gasteiger partial charge in [0.2, 0.25) is 5.91 Å². The van der Waals surface area contributed by atoms with E-state index in [-0.39, 0.29) is 38.3 Å². The molecule has 6 N–H and O–H groups in total. The van der Waals surface area contributed by atoms with Crippen LogP contribution in [0, 0.1) is 6.92 Å². The first-order valence-electron chi connectivity index (χ1n) is 16.8. The fourth-order valence-electron chi connectivity index (χ4n) is 4.87. The van der Waals surface area contributed by atoms with Gasteiger partial charge in [-0.2, -0.15) is 0 Å². The number of carbonyl (C=O) groups excluding carboxylic acids is 4. The van der Waals surface area contributed by atoms with E-state index >= 15 is 0 Å². The molecular weight excluding hydrogens is 706 g/mol. The summed E-state index contributed by atoms with van der Waals surface area (Å²) in [5.74, 6) is -3.79. The molecule has 1 unspecified atom stereocenters. The van der Waals surface area contributed by atoms with Crippen LogP contribution in [0.4, 0.5) is 9.59 Å². The van der Waals surface area contributed by atoms with Gasteiger partial charge in [-0.3, -0.25) is 24.5 Å². The lowest BCUT2D eigenvalue weighted by molar-refractivity contribution is -0.151. The maximum Gasteiger partial charge on any atom is 0.414 e. The summed E-state index contributed by atoms with van der Waals surface area (Å²) in [4.78, 5) is 95.9. The van der Waals surface area contributed by atoms with Gasteiger partial charge in [0.15, 0.2) is 12.0 Å². The lowest BCUT2D eigenvalue weighted by Gasteiger charge is -2.30. The number of hydrogen-bond acceptors (Lipinski definition) is 11. The van der Waals surface area contributed by atoms with E-state index in [1.165, 1.54) is 6.92 Å². The molecule has 0 aliphatic carbocycles. The number of carboxylic acid groups (broad SMARTS) is 1. The van der Waals surface area contributed by atoms with Crippen molar-refractivity contribution in [3.63, 3.8) is 0 Å². The van der Waals surface area contributed by atoms with Gasteiger partial charge in [0.25, 0.3) is 5.56 Å². The van der Waals surface area contributed by atoms with Crippen molar-refractivity contribution in [2.75, 3.05) is 13.1 Å². The monoisotopic (exact) mass is 751 g/mol. The third-order valence-corrected chi connectivity index (χ3v) is 7.44. The molecule has 18 nitrogen and oxygen atoms in total. The second-order valence-corrected chi connectivity index (χ2v) is 13.0. The molecule has 1 aromatic heterocycles. The lowest BCUT2D eigenvalue weighted by Crippen LogP contribution is -2.51. The van der Waals surface area contributed by atoms with Crippen LogP contribution in [0.25, 0.3) is 0 Å². The van der Waals surface area contributed by atoms with Crippen molar-refractivity contribution in [1.29, 1.82) is 0 Å². The predicted octanol–water partition coefficient (Wildman–Crippen LogP) is 1.78. The first kappa shape index (κ1) is 42.0. The third kappa shape index (κ3) is 14.3. The minimum absolute atomic E-state index is 0.0831. The summed E-state index contributed by atoms with van der Waals surface area (Å²) >= 11 is 0. The second kappa shape index (κ2) is 20.0. The second-order valence-electron chi connectivity index (χ2n) is 13.0. The highest BCUT2D eigenvalue weighted by Crippen LogP contribution is 2.16. The third-order valence-electron chi connectivity index (χ3n) is 7.44. The molecule has 1 heterocycles. The van der Waals surface area contributed by atoms with Gasteiger partial charge < -0.3 is 35.3 Å². The Hall–Kier alpha value is -6.46. The molecule has 0 saturated carbocycles. The molecule has 0 spiro atoms. The molecular formula is C36H45N7O11. The number of nitrogens with zero attached hydrogens (tertiary/aromatic N) is 3. The summed E-state index contributed by atoms with van der Waals surface area (Å²) in [5, 5.41) is 15.0. The van der Waals surface area contributed by atoms with E-state index < -0.39 is 77.9 Å². The minimum Gasteiger partial charge on any atom is -0.480 e. The molecule has 2 aromatic carbocycles. The molecule has 0 radical (unpaired) electrons. The number of ether oxygens (including phenoxy) is 3. The molecule has 18 heteroatoms. The number of aliphatic imine (C=N–C) groups is 1. The number of aromatic amines is 1. The van der Waals surface area contributed by atoms with Crippen LogP contribution in [0.15, 0.2) is 81.4 Å². The number of guanidine groups is 1. The largest absolute Gasteiger partial charge is 0.480 e. The standard InChI is InChI=1S/C36H45N7O11/c1-23-19-42(33(49)40-29(23)45)20-28(44)43(18-17-38-34(50)54-36(2,3)4)27(30(46)47)16-15-26(31(48)52-21-24-11-7-5-8-12-24)39-32(37)41-35(51)53-22-25-13-9-6-10-14-25/h5-14,19,26-27H,15-18,20-22H2,1-4H3,(H,38,50)(H,46,47)(H,40,45,49)(H3,37,39,41,51)/t26?,27-/m0/s1. The average Bonchev–Trinajstić information content (AvgIpc) is 3.10. The van der Waals surface area contributed by atoms with Crippen molar-refractivity contribution in [2.45, 2.75) is 78.0 Å². The summed E-state index contributed by atoms with van der Waals surface area (Å²) in [6.07, 6.45) is -1.41. The maximum absolute atomic E-state index is 13.7. The van der Waals surface area contributed by atoms with E-state index in [0.717, 1.165) is 15.7 Å². The molecule has 54 heavy (non-hydrogen) atoms. The number of nitrogens with two attached hydrogens (primary N) is 1. The Kier molecular flexibility index (Phi) is 15.5. The number of hydrogen-bond donors (Lipinski definition) is 5. The highest BCUT2D eigenvalue weighted by Gasteiger charge is 2.32. The smallest absolute Gasteiger partial charge is 0.414 e. The van der Waals surface area contributed by atoms with Crippen molar-refractivity contribution < 1.29 is 43.3 Å². The Balaban J connectivity index is 1.85. The van der Waals surface area contributed by atoms with Crippen molar-refractivity contribution in [3.8, 4) is 0 Å². The van der Waals surface area contributed by atoms with Crippen molar-refractivity contribution in [2.24, 2.45) is 10.7 Å². The summed E-state index contributed by atoms with van der Waals surface area (Å²) in [5.41, 5.74) is 5.03. The molecule has 0 aliphatic rings. The fourth-order valence-corrected chi connectivity index (χ4v) is 4.87. The molecule has 0 saturated heterocycles. The Morgan fingerprint density at radius 3 is 2.09 bits per heavy atom. The molecule has 3 amide bonds. The molecule has 3 rings (SSSR count). The number of alkyl carbamates (subject to hydrolysis) is 2. The van der Waals surface area contributed by atoms with Crippen LogP contribution in [0.2, 0.25) is 0 Å². The summed E-state index contributed by atoms with van der Waals surface area (Å²) in [6.45, 7) is 4.82. The maximum atomic E-state index is 13.7. The number of nitrogens with one attached hydrogen (secondary N) is 3. The van der Waals surface area contributed by atoms with Crippen LogP contribution in [-0.4, -0.2) is 86.3 Å². The van der Waals surface area contributed by atoms with Crippen LogP contribution >= 0.6 is 0 Å². The van der Waals surface area contributed by atoms with Crippen LogP contribution < -0.4 is 27.6 Å². The Morgan fingerprint density at radius 2 is 1.52 bits per heavy atom. The van der Waals surface area contributed by atoms with Gasteiger partial charge in [-0.15, -0.1) is 0 Å². The molecule has 0 aliphatic heterocycles. The van der Waals surface area contributed by atoms with E-state index in [4.69, 9.17) is 19.9 Å². The molecule has 2 atom stereocenters. The molecule has 0 bridgehead atoms. The number of aliphatic carboxylic acids is 1. The number of H-pyrrole nitrogens is 1. The molecule has 0 fully saturated rings. The van der Waals surface area contributed by atoms with Gasteiger partial charge in [0.05, 0.1) is 0 Å². The number of esters is 1. The number of amides is 3. The molecule has 3 aromatic rings. The van der Waals surface area contributed by atoms with Crippen LogP contribution in [0.5, 0.6) is 0 Å². The number of benzene rings is 2. The quantitative estimate of drug-likeness (QED) is 0.0608. The zero-order valence-electron chi connectivity index (χ0n) is 30.4. The van der Waals surface area contributed by atoms with Gasteiger partial charge in [-0.1, -0.05) is 60.7 Å². The zero-order valence-corrected chi connectivity index (χ0v) is 30.4. The number of aryl methyl sites for hydroxylation is 1. The highest BCUT2D eigenvalue weighted by molar-refractivity contribution is 5.94. The van der Waals surface area contributed by atoms with Gasteiger partial charge in [-0.25, -0.2) is 29.0 Å². The highest BCUT2D eigenvalue weighted by atomic mass is 16.6. The average molecular weight is 752 g/mol. The van der Waals surface area contributed by atoms with E-state index in [0.29, 0.717) is 11.1 Å². The summed E-state index contributed by atoms with van der Waals surface area (Å²) in [6, 6.07) is 14.4. The van der Waals surface area contributed by atoms with Gasteiger partial charge in [0, 0.05) is 24.8 Å². The number of rotatable bonds is 16. The van der Waals surface area contributed by atoms with E-state index in [2.05, 4.69) is 20.6 Å². The number of aromatic nitrogens is 2. The van der Waals surface area contributed by atoms with Crippen LogP contribution in [0.1, 0.15) is 50.3 Å². The van der Waals surface area contributed by atoms with Gasteiger partial charge >= 0.3 is 29.8 Å². The lowest BCUT2D eigenvalue weighted by atomic mass is 10.0. The summed E-state index contributed by atoms with van der Waals surface area (Å²) < 4.78 is 16.7. The van der Waals surface area contributed by atoms with Crippen molar-refractivity contribution >= 4 is 36.0 Å². The van der Waals surface area contributed by atoms with E-state index in [9.17, 15) is 38.7 Å². The summed E-state index contributed by atoms with van der Waals surface area (Å²) in [7, 11) is 0. The number of carbonyl (C=O) groups is 5. The fraction of sp³-hybridized carbons (Fsp3) is 0.389. The molecule has 290 valence electrons. The Bertz CT molecular complexity index is 1910. The first-order valence-corrected chi connectivity index (χ1v) is 16.8. The number of carboxylic acids is 1. The van der Waals surface area contributed by atoms with Crippen molar-refractivity contribution in [1.82, 2.24) is 25.1 Å². The Morgan fingerprint density at radius 1 is 0.926 bits per heavy atom. The Labute approximate surface area is 310 Å². The van der Waals surface area contributed by atoms with E-state index in [1.807, 2.05) is 0 Å². The SMILES string of the molecule is Cc1cn(CC(=O)N(CCNC(=O)OC(C)(C)C)[C@@H](CCC(N=C(N)NC(=O)OCc2ccccc2)C(=O)OCc2ccccc2)C(=O)O)c(=O)[nH]c1=O. The topological polar surface area (TPSA) is 254 Å². The predicted molar refractivity (Wildman–Crippen MR) is 194 cm³/mol. The normalized spacial score (nSPS) is 12.5. The van der Waals surface area contributed by atoms with Crippen LogP contribution in [0.3, 0.4) is 0 Å². The van der Waals surface area contributed by atoms with Crippen LogP contribution in [-0.2, 0) is 48.4 Å². The van der Waals surface area contributed by atoms with Crippen molar-refractivity contribution in [3.05, 3.63) is 104 Å². The van der Waals surface area contributed by atoms with Gasteiger partial charge in [-0.05, 0) is 51.7 Å². The first-order chi connectivity index (χ1) is 25.5. The van der Waals surface area contributed by atoms with E-state index in [1.54, 1.807) is 81.4 Å². The minimum atomic E-state index is -1.64. The zero-order chi connectivity index (χ0) is 39.8.